The number of amides is 2. The van der Waals surface area contributed by atoms with Gasteiger partial charge in [-0.05, 0) is 74.3 Å². The van der Waals surface area contributed by atoms with Crippen molar-refractivity contribution >= 4 is 6.03 Å². The van der Waals surface area contributed by atoms with Crippen LogP contribution in [0.25, 0.3) is 0 Å². The number of piperidine rings is 1. The second-order valence-electron chi connectivity index (χ2n) is 8.57. The number of halogens is 1. The molecule has 31 heavy (non-hydrogen) atoms. The topological polar surface area (TPSA) is 44.8 Å². The Morgan fingerprint density at radius 3 is 2.39 bits per heavy atom. The van der Waals surface area contributed by atoms with Crippen LogP contribution in [0, 0.1) is 11.7 Å². The lowest BCUT2D eigenvalue weighted by Gasteiger charge is -2.37. The van der Waals surface area contributed by atoms with Crippen LogP contribution in [0.4, 0.5) is 9.18 Å². The van der Waals surface area contributed by atoms with E-state index in [2.05, 4.69) is 24.1 Å². The van der Waals surface area contributed by atoms with Gasteiger partial charge >= 0.3 is 6.03 Å². The lowest BCUT2D eigenvalue weighted by molar-refractivity contribution is 0.127. The minimum absolute atomic E-state index is 0.0196. The second-order valence-corrected chi connectivity index (χ2v) is 8.57. The number of nitrogens with one attached hydrogen (secondary N) is 1. The number of hydrogen-bond acceptors (Lipinski definition) is 3. The molecule has 0 radical (unpaired) electrons. The number of likely N-dealkylation sites (tertiary alicyclic amines) is 1. The molecule has 1 N–H and O–H groups in total. The highest BCUT2D eigenvalue weighted by molar-refractivity contribution is 5.74. The van der Waals surface area contributed by atoms with Crippen molar-refractivity contribution in [3.63, 3.8) is 0 Å². The molecule has 0 aromatic heterocycles. The van der Waals surface area contributed by atoms with Gasteiger partial charge in [0.1, 0.15) is 11.6 Å². The van der Waals surface area contributed by atoms with E-state index in [0.717, 1.165) is 31.5 Å². The highest BCUT2D eigenvalue weighted by atomic mass is 19.1. The van der Waals surface area contributed by atoms with E-state index in [-0.39, 0.29) is 11.9 Å². The number of nitrogens with zero attached hydrogens (tertiary/aromatic N) is 2. The molecule has 0 saturated carbocycles. The molecule has 1 aliphatic rings. The smallest absolute Gasteiger partial charge is 0.318 e. The molecule has 168 valence electrons. The lowest BCUT2D eigenvalue weighted by atomic mass is 10.0. The molecule has 0 bridgehead atoms. The number of urea groups is 1. The number of carbonyl (C=O) groups excluding carboxylic acids is 1. The summed E-state index contributed by atoms with van der Waals surface area (Å²) in [6.07, 6.45) is 1.60. The van der Waals surface area contributed by atoms with Gasteiger partial charge in [0.05, 0.1) is 9.35 Å². The fourth-order valence-corrected chi connectivity index (χ4v) is 3.55. The molecule has 0 spiro atoms. The monoisotopic (exact) mass is 429 g/mol. The van der Waals surface area contributed by atoms with Crippen molar-refractivity contribution in [3.05, 3.63) is 65.5 Å². The van der Waals surface area contributed by atoms with E-state index in [4.69, 9.17) is 7.48 Å². The predicted octanol–water partition coefficient (Wildman–Crippen LogP) is 4.67. The number of rotatable bonds is 8. The maximum Gasteiger partial charge on any atom is 0.318 e. The maximum absolute atomic E-state index is 13.3. The number of benzene rings is 2. The Balaban J connectivity index is 1.73. The molecule has 1 heterocycles. The van der Waals surface area contributed by atoms with E-state index in [1.807, 2.05) is 7.05 Å². The Morgan fingerprint density at radius 2 is 1.77 bits per heavy atom. The molecular formula is C25H34FN3O2. The van der Waals surface area contributed by atoms with Gasteiger partial charge in [0.2, 0.25) is 0 Å². The Morgan fingerprint density at radius 1 is 1.16 bits per heavy atom. The highest BCUT2D eigenvalue weighted by Crippen LogP contribution is 2.19. The Hall–Kier alpha value is -2.60. The summed E-state index contributed by atoms with van der Waals surface area (Å²) in [5.41, 5.74) is 1.15. The molecule has 2 aromatic rings. The molecule has 2 amide bonds. The molecule has 0 aliphatic carbocycles. The number of ether oxygens (including phenoxy) is 1. The summed E-state index contributed by atoms with van der Waals surface area (Å²) in [6.45, 7) is 4.66. The van der Waals surface area contributed by atoms with Crippen LogP contribution in [0.1, 0.15) is 40.6 Å². The van der Waals surface area contributed by atoms with E-state index < -0.39 is 12.5 Å². The maximum atomic E-state index is 13.3. The molecule has 0 atom stereocenters. The Bertz CT molecular complexity index is 899. The second kappa shape index (κ2) is 11.1. The van der Waals surface area contributed by atoms with Crippen LogP contribution in [0.3, 0.4) is 0 Å². The summed E-state index contributed by atoms with van der Waals surface area (Å²) in [7, 11) is 2.05. The van der Waals surface area contributed by atoms with E-state index in [1.54, 1.807) is 41.3 Å². The van der Waals surface area contributed by atoms with E-state index in [9.17, 15) is 9.18 Å². The van der Waals surface area contributed by atoms with Crippen molar-refractivity contribution in [2.75, 3.05) is 26.7 Å². The summed E-state index contributed by atoms with van der Waals surface area (Å²) < 4.78 is 36.0. The number of hydrogen-bond donors (Lipinski definition) is 1. The molecule has 1 fully saturated rings. The quantitative estimate of drug-likeness (QED) is 0.663. The first-order valence-corrected chi connectivity index (χ1v) is 10.9. The van der Waals surface area contributed by atoms with Crippen LogP contribution in [0.2, 0.25) is 0 Å². The normalized spacial score (nSPS) is 16.5. The van der Waals surface area contributed by atoms with E-state index >= 15 is 0 Å². The average Bonchev–Trinajstić information content (AvgIpc) is 2.78. The molecule has 0 unspecified atom stereocenters. The van der Waals surface area contributed by atoms with Gasteiger partial charge < -0.3 is 19.9 Å². The molecular weight excluding hydrogens is 393 g/mol. The molecule has 6 heteroatoms. The third-order valence-corrected chi connectivity index (χ3v) is 5.41. The SMILES string of the molecule is [2H]C([2H])(NC(=O)N(Cc1ccc(F)cc1)C1CCN(C)CC1)c1ccc(OCC(C)C)cc1. The van der Waals surface area contributed by atoms with Crippen LogP contribution < -0.4 is 10.1 Å². The zero-order chi connectivity index (χ0) is 24.0. The van der Waals surface area contributed by atoms with Crippen molar-refractivity contribution in [1.82, 2.24) is 15.1 Å². The molecule has 1 saturated heterocycles. The molecule has 5 nitrogen and oxygen atoms in total. The largest absolute Gasteiger partial charge is 0.493 e. The standard InChI is InChI=1S/C25H34FN3O2/c1-19(2)18-31-24-10-6-20(7-11-24)16-27-25(30)29(23-12-14-28(3)15-13-23)17-21-4-8-22(26)9-5-21/h4-11,19,23H,12-18H2,1-3H3,(H,27,30)/i16D2. The number of carbonyl (C=O) groups is 1. The summed E-state index contributed by atoms with van der Waals surface area (Å²) in [4.78, 5) is 17.2. The summed E-state index contributed by atoms with van der Waals surface area (Å²) in [6, 6.07) is 12.3. The molecule has 2 aromatic carbocycles. The van der Waals surface area contributed by atoms with Crippen LogP contribution in [0.15, 0.2) is 48.5 Å². The lowest BCUT2D eigenvalue weighted by Crippen LogP contribution is -2.49. The Labute approximate surface area is 188 Å². The highest BCUT2D eigenvalue weighted by Gasteiger charge is 2.27. The molecule has 1 aliphatic heterocycles. The van der Waals surface area contributed by atoms with Crippen molar-refractivity contribution in [2.45, 2.75) is 45.8 Å². The fraction of sp³-hybridized carbons (Fsp3) is 0.480. The van der Waals surface area contributed by atoms with Crippen molar-refractivity contribution in [2.24, 2.45) is 5.92 Å². The first-order valence-electron chi connectivity index (χ1n) is 11.9. The zero-order valence-electron chi connectivity index (χ0n) is 20.6. The van der Waals surface area contributed by atoms with Crippen molar-refractivity contribution in [1.29, 1.82) is 0 Å². The molecule has 3 rings (SSSR count). The van der Waals surface area contributed by atoms with E-state index in [0.29, 0.717) is 30.4 Å². The Kier molecular flexibility index (Phi) is 7.30. The van der Waals surface area contributed by atoms with Gasteiger partial charge in [-0.2, -0.15) is 0 Å². The van der Waals surface area contributed by atoms with Gasteiger partial charge in [-0.15, -0.1) is 0 Å². The van der Waals surface area contributed by atoms with Crippen LogP contribution in [0.5, 0.6) is 5.75 Å². The van der Waals surface area contributed by atoms with Crippen molar-refractivity contribution in [3.8, 4) is 5.75 Å². The minimum Gasteiger partial charge on any atom is -0.493 e. The van der Waals surface area contributed by atoms with Crippen LogP contribution >= 0.6 is 0 Å². The average molecular weight is 430 g/mol. The fourth-order valence-electron chi connectivity index (χ4n) is 3.55. The third kappa shape index (κ3) is 7.24. The summed E-state index contributed by atoms with van der Waals surface area (Å²) in [5, 5.41) is 2.57. The van der Waals surface area contributed by atoms with Gasteiger partial charge in [-0.1, -0.05) is 38.1 Å². The predicted molar refractivity (Wildman–Crippen MR) is 121 cm³/mol. The van der Waals surface area contributed by atoms with Crippen LogP contribution in [-0.2, 0) is 13.0 Å². The summed E-state index contributed by atoms with van der Waals surface area (Å²) in [5.74, 6) is 0.729. The van der Waals surface area contributed by atoms with E-state index in [1.165, 1.54) is 12.1 Å². The van der Waals surface area contributed by atoms with Gasteiger partial charge in [0.25, 0.3) is 0 Å². The summed E-state index contributed by atoms with van der Waals surface area (Å²) >= 11 is 0. The van der Waals surface area contributed by atoms with Crippen LogP contribution in [-0.4, -0.2) is 48.6 Å². The van der Waals surface area contributed by atoms with Gasteiger partial charge in [-0.3, -0.25) is 0 Å². The van der Waals surface area contributed by atoms with Crippen molar-refractivity contribution < 1.29 is 16.7 Å². The van der Waals surface area contributed by atoms with Gasteiger partial charge in [0, 0.05) is 19.1 Å². The minimum atomic E-state index is -2.06. The van der Waals surface area contributed by atoms with Gasteiger partial charge in [0.15, 0.2) is 0 Å². The first-order chi connectivity index (χ1) is 15.6. The van der Waals surface area contributed by atoms with Gasteiger partial charge in [-0.25, -0.2) is 9.18 Å². The first kappa shape index (κ1) is 20.3. The zero-order valence-corrected chi connectivity index (χ0v) is 18.6. The third-order valence-electron chi connectivity index (χ3n) is 5.41.